The van der Waals surface area contributed by atoms with E-state index in [0.717, 1.165) is 5.56 Å². The Morgan fingerprint density at radius 1 is 1.11 bits per heavy atom. The van der Waals surface area contributed by atoms with Gasteiger partial charge in [-0.2, -0.15) is 5.10 Å². The van der Waals surface area contributed by atoms with Crippen LogP contribution in [0.5, 0.6) is 0 Å². The molecule has 1 amide bonds. The Balaban J connectivity index is 1.90. The highest BCUT2D eigenvalue weighted by Gasteiger charge is 2.24. The monoisotopic (exact) mass is 367 g/mol. The molecule has 0 aliphatic carbocycles. The molecule has 1 heterocycles. The van der Waals surface area contributed by atoms with Crippen molar-refractivity contribution in [3.05, 3.63) is 78.4 Å². The zero-order chi connectivity index (χ0) is 19.4. The number of amides is 1. The van der Waals surface area contributed by atoms with Gasteiger partial charge in [-0.1, -0.05) is 30.3 Å². The molecule has 0 saturated heterocycles. The van der Waals surface area contributed by atoms with Crippen molar-refractivity contribution in [2.45, 2.75) is 32.9 Å². The SMILES string of the molecule is CC(C)(C)OC(=O)N(Cc1ccccc1)c1cnn(-c2ccc(F)cc2)c1. The fourth-order valence-electron chi connectivity index (χ4n) is 2.53. The van der Waals surface area contributed by atoms with Gasteiger partial charge in [0.1, 0.15) is 11.4 Å². The van der Waals surface area contributed by atoms with Gasteiger partial charge in [0.05, 0.1) is 30.3 Å². The van der Waals surface area contributed by atoms with E-state index < -0.39 is 11.7 Å². The third-order valence-electron chi connectivity index (χ3n) is 3.77. The number of carbonyl (C=O) groups excluding carboxylic acids is 1. The third kappa shape index (κ3) is 4.94. The Morgan fingerprint density at radius 2 is 1.78 bits per heavy atom. The number of benzene rings is 2. The van der Waals surface area contributed by atoms with Crippen LogP contribution in [0.2, 0.25) is 0 Å². The van der Waals surface area contributed by atoms with Crippen molar-refractivity contribution in [3.63, 3.8) is 0 Å². The van der Waals surface area contributed by atoms with E-state index in [1.807, 2.05) is 51.1 Å². The van der Waals surface area contributed by atoms with Gasteiger partial charge in [-0.25, -0.2) is 13.9 Å². The Labute approximate surface area is 158 Å². The van der Waals surface area contributed by atoms with Crippen LogP contribution in [-0.2, 0) is 11.3 Å². The van der Waals surface area contributed by atoms with Crippen LogP contribution in [0.15, 0.2) is 67.0 Å². The lowest BCUT2D eigenvalue weighted by Gasteiger charge is -2.26. The first-order valence-electron chi connectivity index (χ1n) is 8.67. The van der Waals surface area contributed by atoms with Crippen LogP contribution in [0.4, 0.5) is 14.9 Å². The molecule has 2 aromatic carbocycles. The number of carbonyl (C=O) groups is 1. The molecule has 0 aliphatic rings. The highest BCUT2D eigenvalue weighted by atomic mass is 19.1. The minimum Gasteiger partial charge on any atom is -0.443 e. The molecule has 0 bridgehead atoms. The van der Waals surface area contributed by atoms with E-state index >= 15 is 0 Å². The zero-order valence-electron chi connectivity index (χ0n) is 15.6. The van der Waals surface area contributed by atoms with Crippen LogP contribution in [-0.4, -0.2) is 21.5 Å². The summed E-state index contributed by atoms with van der Waals surface area (Å²) in [4.78, 5) is 14.3. The number of hydrogen-bond donors (Lipinski definition) is 0. The van der Waals surface area contributed by atoms with Gasteiger partial charge in [0.15, 0.2) is 0 Å². The molecular weight excluding hydrogens is 345 g/mol. The molecular formula is C21H22FN3O2. The third-order valence-corrected chi connectivity index (χ3v) is 3.77. The van der Waals surface area contributed by atoms with E-state index in [4.69, 9.17) is 4.74 Å². The molecule has 140 valence electrons. The largest absolute Gasteiger partial charge is 0.443 e. The van der Waals surface area contributed by atoms with Crippen LogP contribution in [0.1, 0.15) is 26.3 Å². The molecule has 0 aliphatic heterocycles. The number of halogens is 1. The first kappa shape index (κ1) is 18.6. The van der Waals surface area contributed by atoms with Crippen LogP contribution in [0.25, 0.3) is 5.69 Å². The highest BCUT2D eigenvalue weighted by Crippen LogP contribution is 2.22. The smallest absolute Gasteiger partial charge is 0.415 e. The average molecular weight is 367 g/mol. The van der Waals surface area contributed by atoms with E-state index in [1.54, 1.807) is 29.2 Å². The lowest BCUT2D eigenvalue weighted by molar-refractivity contribution is 0.0577. The first-order chi connectivity index (χ1) is 12.8. The molecule has 3 rings (SSSR count). The summed E-state index contributed by atoms with van der Waals surface area (Å²) in [5.74, 6) is -0.314. The summed E-state index contributed by atoms with van der Waals surface area (Å²) in [7, 11) is 0. The molecule has 0 unspecified atom stereocenters. The predicted octanol–water partition coefficient (Wildman–Crippen LogP) is 4.95. The summed E-state index contributed by atoms with van der Waals surface area (Å²) in [6.45, 7) is 5.83. The Hall–Kier alpha value is -3.15. The van der Waals surface area contributed by atoms with Crippen LogP contribution in [0.3, 0.4) is 0 Å². The summed E-state index contributed by atoms with van der Waals surface area (Å²) < 4.78 is 20.3. The molecule has 0 atom stereocenters. The maximum absolute atomic E-state index is 13.1. The zero-order valence-corrected chi connectivity index (χ0v) is 15.6. The van der Waals surface area contributed by atoms with Gasteiger partial charge >= 0.3 is 6.09 Å². The molecule has 0 spiro atoms. The van der Waals surface area contributed by atoms with Gasteiger partial charge in [0.2, 0.25) is 0 Å². The fourth-order valence-corrected chi connectivity index (χ4v) is 2.53. The van der Waals surface area contributed by atoms with Crippen molar-refractivity contribution in [1.82, 2.24) is 9.78 Å². The van der Waals surface area contributed by atoms with Gasteiger partial charge in [0.25, 0.3) is 0 Å². The van der Waals surface area contributed by atoms with E-state index in [0.29, 0.717) is 17.9 Å². The summed E-state index contributed by atoms with van der Waals surface area (Å²) >= 11 is 0. The van der Waals surface area contributed by atoms with Crippen LogP contribution >= 0.6 is 0 Å². The van der Waals surface area contributed by atoms with Crippen molar-refractivity contribution < 1.29 is 13.9 Å². The van der Waals surface area contributed by atoms with Crippen LogP contribution in [0, 0.1) is 5.82 Å². The number of hydrogen-bond acceptors (Lipinski definition) is 3. The molecule has 6 heteroatoms. The van der Waals surface area contributed by atoms with Crippen molar-refractivity contribution in [1.29, 1.82) is 0 Å². The number of rotatable bonds is 4. The molecule has 0 fully saturated rings. The molecule has 0 saturated carbocycles. The average Bonchev–Trinajstić information content (AvgIpc) is 3.09. The lowest BCUT2D eigenvalue weighted by Crippen LogP contribution is -2.36. The Morgan fingerprint density at radius 3 is 2.41 bits per heavy atom. The second-order valence-electron chi connectivity index (χ2n) is 7.17. The number of ether oxygens (including phenoxy) is 1. The second kappa shape index (κ2) is 7.61. The molecule has 1 aromatic heterocycles. The molecule has 5 nitrogen and oxygen atoms in total. The maximum atomic E-state index is 13.1. The van der Waals surface area contributed by atoms with Crippen molar-refractivity contribution in [2.75, 3.05) is 4.90 Å². The topological polar surface area (TPSA) is 47.4 Å². The van der Waals surface area contributed by atoms with E-state index in [1.165, 1.54) is 17.0 Å². The number of aromatic nitrogens is 2. The van der Waals surface area contributed by atoms with Crippen molar-refractivity contribution in [2.24, 2.45) is 0 Å². The Kier molecular flexibility index (Phi) is 5.26. The normalized spacial score (nSPS) is 11.3. The number of anilines is 1. The van der Waals surface area contributed by atoms with Gasteiger partial charge in [-0.05, 0) is 50.6 Å². The minimum absolute atomic E-state index is 0.314. The summed E-state index contributed by atoms with van der Waals surface area (Å²) in [5, 5.41) is 4.30. The van der Waals surface area contributed by atoms with E-state index in [9.17, 15) is 9.18 Å². The lowest BCUT2D eigenvalue weighted by atomic mass is 10.2. The van der Waals surface area contributed by atoms with Gasteiger partial charge < -0.3 is 4.74 Å². The Bertz CT molecular complexity index is 899. The van der Waals surface area contributed by atoms with Gasteiger partial charge in [0, 0.05) is 0 Å². The quantitative estimate of drug-likeness (QED) is 0.655. The standard InChI is InChI=1S/C21H22FN3O2/c1-21(2,3)27-20(26)24(14-16-7-5-4-6-8-16)19-13-23-25(15-19)18-11-9-17(22)10-12-18/h4-13,15H,14H2,1-3H3. The van der Waals surface area contributed by atoms with Crippen LogP contribution < -0.4 is 4.90 Å². The molecule has 0 radical (unpaired) electrons. The van der Waals surface area contributed by atoms with Crippen molar-refractivity contribution in [3.8, 4) is 5.69 Å². The summed E-state index contributed by atoms with van der Waals surface area (Å²) in [6, 6.07) is 15.6. The maximum Gasteiger partial charge on any atom is 0.415 e. The van der Waals surface area contributed by atoms with Crippen molar-refractivity contribution >= 4 is 11.8 Å². The summed E-state index contributed by atoms with van der Waals surface area (Å²) in [6.07, 6.45) is 2.86. The molecule has 0 N–H and O–H groups in total. The predicted molar refractivity (Wildman–Crippen MR) is 102 cm³/mol. The highest BCUT2D eigenvalue weighted by molar-refractivity contribution is 5.87. The van der Waals surface area contributed by atoms with Gasteiger partial charge in [-0.3, -0.25) is 4.90 Å². The molecule has 3 aromatic rings. The second-order valence-corrected chi connectivity index (χ2v) is 7.17. The fraction of sp³-hybridized carbons (Fsp3) is 0.238. The summed E-state index contributed by atoms with van der Waals surface area (Å²) in [5.41, 5.74) is 1.65. The van der Waals surface area contributed by atoms with E-state index in [2.05, 4.69) is 5.10 Å². The molecule has 27 heavy (non-hydrogen) atoms. The first-order valence-corrected chi connectivity index (χ1v) is 8.67. The minimum atomic E-state index is -0.612. The number of nitrogens with zero attached hydrogens (tertiary/aromatic N) is 3. The van der Waals surface area contributed by atoms with Gasteiger partial charge in [-0.15, -0.1) is 0 Å². The van der Waals surface area contributed by atoms with E-state index in [-0.39, 0.29) is 5.82 Å².